The van der Waals surface area contributed by atoms with Crippen molar-refractivity contribution in [2.24, 2.45) is 11.8 Å². The predicted octanol–water partition coefficient (Wildman–Crippen LogP) is 0.0949. The summed E-state index contributed by atoms with van der Waals surface area (Å²) in [7, 11) is 0. The molecule has 0 radical (unpaired) electrons. The summed E-state index contributed by atoms with van der Waals surface area (Å²) in [6, 6.07) is 0.595. The Morgan fingerprint density at radius 1 is 1.47 bits per heavy atom. The van der Waals surface area contributed by atoms with Crippen LogP contribution in [0.1, 0.15) is 17.7 Å². The van der Waals surface area contributed by atoms with Gasteiger partial charge in [0.2, 0.25) is 0 Å². The molecule has 3 rings (SSSR count). The van der Waals surface area contributed by atoms with E-state index in [1.54, 1.807) is 0 Å². The SMILES string of the molecule is OCC1CNC2Cc3cn[nH]c3CC2C1. The fraction of sp³-hybridized carbons (Fsp3) is 0.727. The Hall–Kier alpha value is -0.870. The maximum Gasteiger partial charge on any atom is 0.0522 e. The van der Waals surface area contributed by atoms with Crippen molar-refractivity contribution in [2.45, 2.75) is 25.3 Å². The van der Waals surface area contributed by atoms with E-state index in [0.717, 1.165) is 25.8 Å². The molecule has 1 aromatic rings. The lowest BCUT2D eigenvalue weighted by atomic mass is 9.76. The van der Waals surface area contributed by atoms with E-state index in [1.807, 2.05) is 6.20 Å². The molecular formula is C11H17N3O. The van der Waals surface area contributed by atoms with Gasteiger partial charge < -0.3 is 10.4 Å². The second kappa shape index (κ2) is 3.61. The fourth-order valence-electron chi connectivity index (χ4n) is 2.95. The minimum atomic E-state index is 0.312. The monoisotopic (exact) mass is 207 g/mol. The molecule has 1 aromatic heterocycles. The summed E-state index contributed by atoms with van der Waals surface area (Å²) in [6.07, 6.45) is 5.27. The lowest BCUT2D eigenvalue weighted by Gasteiger charge is -2.39. The van der Waals surface area contributed by atoms with Crippen molar-refractivity contribution < 1.29 is 5.11 Å². The summed E-state index contributed by atoms with van der Waals surface area (Å²) in [5.74, 6) is 1.11. The Labute approximate surface area is 89.1 Å². The maximum atomic E-state index is 9.18. The van der Waals surface area contributed by atoms with E-state index in [2.05, 4.69) is 15.5 Å². The molecule has 1 aliphatic heterocycles. The van der Waals surface area contributed by atoms with Crippen LogP contribution in [0.2, 0.25) is 0 Å². The first-order valence-electron chi connectivity index (χ1n) is 5.72. The quantitative estimate of drug-likeness (QED) is 0.612. The second-order valence-corrected chi connectivity index (χ2v) is 4.84. The zero-order chi connectivity index (χ0) is 10.3. The molecular weight excluding hydrogens is 190 g/mol. The first kappa shape index (κ1) is 9.36. The first-order valence-corrected chi connectivity index (χ1v) is 5.72. The van der Waals surface area contributed by atoms with Crippen LogP contribution in [0, 0.1) is 11.8 Å². The molecule has 0 bridgehead atoms. The van der Waals surface area contributed by atoms with Crippen LogP contribution in [0.4, 0.5) is 0 Å². The van der Waals surface area contributed by atoms with Crippen LogP contribution in [0.5, 0.6) is 0 Å². The topological polar surface area (TPSA) is 60.9 Å². The number of H-pyrrole nitrogens is 1. The molecule has 1 saturated heterocycles. The van der Waals surface area contributed by atoms with Crippen LogP contribution in [0.25, 0.3) is 0 Å². The number of aromatic nitrogens is 2. The van der Waals surface area contributed by atoms with Crippen molar-refractivity contribution in [3.8, 4) is 0 Å². The highest BCUT2D eigenvalue weighted by molar-refractivity contribution is 5.23. The number of nitrogens with zero attached hydrogens (tertiary/aromatic N) is 1. The van der Waals surface area contributed by atoms with Crippen molar-refractivity contribution >= 4 is 0 Å². The Morgan fingerprint density at radius 2 is 2.40 bits per heavy atom. The molecule has 1 fully saturated rings. The molecule has 0 spiro atoms. The number of aliphatic hydroxyl groups is 1. The van der Waals surface area contributed by atoms with Gasteiger partial charge in [0.1, 0.15) is 0 Å². The van der Waals surface area contributed by atoms with E-state index in [0.29, 0.717) is 24.5 Å². The largest absolute Gasteiger partial charge is 0.396 e. The first-order chi connectivity index (χ1) is 7.36. The van der Waals surface area contributed by atoms with E-state index in [9.17, 15) is 5.11 Å². The molecule has 0 saturated carbocycles. The van der Waals surface area contributed by atoms with Gasteiger partial charge in [-0.05, 0) is 36.7 Å². The maximum absolute atomic E-state index is 9.18. The van der Waals surface area contributed by atoms with Gasteiger partial charge in [0.15, 0.2) is 0 Å². The average Bonchev–Trinajstić information content (AvgIpc) is 2.72. The zero-order valence-electron chi connectivity index (χ0n) is 8.74. The van der Waals surface area contributed by atoms with E-state index in [-0.39, 0.29) is 0 Å². The van der Waals surface area contributed by atoms with Gasteiger partial charge in [-0.2, -0.15) is 5.10 Å². The van der Waals surface area contributed by atoms with Crippen molar-refractivity contribution in [3.63, 3.8) is 0 Å². The molecule has 4 heteroatoms. The number of hydrogen-bond donors (Lipinski definition) is 3. The molecule has 4 nitrogen and oxygen atoms in total. The highest BCUT2D eigenvalue weighted by atomic mass is 16.3. The Balaban J connectivity index is 1.79. The minimum Gasteiger partial charge on any atom is -0.396 e. The summed E-state index contributed by atoms with van der Waals surface area (Å²) in [5.41, 5.74) is 2.67. The highest BCUT2D eigenvalue weighted by Gasteiger charge is 2.34. The summed E-state index contributed by atoms with van der Waals surface area (Å²) >= 11 is 0. The van der Waals surface area contributed by atoms with Crippen molar-refractivity contribution in [2.75, 3.05) is 13.2 Å². The third kappa shape index (κ3) is 1.58. The Morgan fingerprint density at radius 3 is 3.27 bits per heavy atom. The summed E-state index contributed by atoms with van der Waals surface area (Å²) in [6.45, 7) is 1.27. The van der Waals surface area contributed by atoms with Crippen LogP contribution in [0.3, 0.4) is 0 Å². The number of rotatable bonds is 1. The second-order valence-electron chi connectivity index (χ2n) is 4.84. The standard InChI is InChI=1S/C11H17N3O/c15-6-7-1-8-2-11-9(5-13-14-11)3-10(8)12-4-7/h5,7-8,10,12,15H,1-4,6H2,(H,13,14). The normalized spacial score (nSPS) is 34.6. The molecule has 82 valence electrons. The number of fused-ring (bicyclic) bond motifs is 2. The Bertz CT molecular complexity index is 349. The van der Waals surface area contributed by atoms with Gasteiger partial charge >= 0.3 is 0 Å². The molecule has 15 heavy (non-hydrogen) atoms. The van der Waals surface area contributed by atoms with Crippen LogP contribution >= 0.6 is 0 Å². The van der Waals surface area contributed by atoms with Gasteiger partial charge in [-0.15, -0.1) is 0 Å². The van der Waals surface area contributed by atoms with Crippen molar-refractivity contribution in [3.05, 3.63) is 17.5 Å². The van der Waals surface area contributed by atoms with Crippen LogP contribution in [-0.4, -0.2) is 34.5 Å². The van der Waals surface area contributed by atoms with E-state index in [1.165, 1.54) is 11.3 Å². The number of aliphatic hydroxyl groups excluding tert-OH is 1. The average molecular weight is 207 g/mol. The van der Waals surface area contributed by atoms with Gasteiger partial charge in [-0.3, -0.25) is 5.10 Å². The summed E-state index contributed by atoms with van der Waals surface area (Å²) in [5, 5.41) is 19.9. The Kier molecular flexibility index (Phi) is 2.25. The van der Waals surface area contributed by atoms with Gasteiger partial charge in [0.05, 0.1) is 6.20 Å². The number of aromatic amines is 1. The van der Waals surface area contributed by atoms with Gasteiger partial charge in [-0.25, -0.2) is 0 Å². The molecule has 2 heterocycles. The number of nitrogens with one attached hydrogen (secondary N) is 2. The van der Waals surface area contributed by atoms with Crippen molar-refractivity contribution in [1.82, 2.24) is 15.5 Å². The lowest BCUT2D eigenvalue weighted by Crippen LogP contribution is -2.49. The molecule has 3 atom stereocenters. The number of piperidine rings is 1. The third-order valence-electron chi connectivity index (χ3n) is 3.85. The smallest absolute Gasteiger partial charge is 0.0522 e. The summed E-state index contributed by atoms with van der Waals surface area (Å²) < 4.78 is 0. The van der Waals surface area contributed by atoms with Crippen LogP contribution in [-0.2, 0) is 12.8 Å². The van der Waals surface area contributed by atoms with Gasteiger partial charge in [0, 0.05) is 24.9 Å². The van der Waals surface area contributed by atoms with E-state index in [4.69, 9.17) is 0 Å². The fourth-order valence-corrected chi connectivity index (χ4v) is 2.95. The summed E-state index contributed by atoms with van der Waals surface area (Å²) in [4.78, 5) is 0. The zero-order valence-corrected chi connectivity index (χ0v) is 8.74. The van der Waals surface area contributed by atoms with Gasteiger partial charge in [0.25, 0.3) is 0 Å². The van der Waals surface area contributed by atoms with Gasteiger partial charge in [-0.1, -0.05) is 0 Å². The molecule has 2 aliphatic rings. The highest BCUT2D eigenvalue weighted by Crippen LogP contribution is 2.31. The predicted molar refractivity (Wildman–Crippen MR) is 56.5 cm³/mol. The molecule has 0 aromatic carbocycles. The molecule has 3 N–H and O–H groups in total. The van der Waals surface area contributed by atoms with Crippen LogP contribution in [0.15, 0.2) is 6.20 Å². The molecule has 1 aliphatic carbocycles. The van der Waals surface area contributed by atoms with E-state index >= 15 is 0 Å². The van der Waals surface area contributed by atoms with E-state index < -0.39 is 0 Å². The van der Waals surface area contributed by atoms with Crippen LogP contribution < -0.4 is 5.32 Å². The molecule has 3 unspecified atom stereocenters. The lowest BCUT2D eigenvalue weighted by molar-refractivity contribution is 0.138. The third-order valence-corrected chi connectivity index (χ3v) is 3.85. The number of hydrogen-bond acceptors (Lipinski definition) is 3. The molecule has 0 amide bonds. The minimum absolute atomic E-state index is 0.312. The van der Waals surface area contributed by atoms with Crippen molar-refractivity contribution in [1.29, 1.82) is 0 Å².